The van der Waals surface area contributed by atoms with Gasteiger partial charge in [0, 0.05) is 38.8 Å². The molecule has 18 heavy (non-hydrogen) atoms. The highest BCUT2D eigenvalue weighted by atomic mass is 15.3. The van der Waals surface area contributed by atoms with Gasteiger partial charge in [0.15, 0.2) is 0 Å². The number of likely N-dealkylation sites (N-methyl/N-ethyl adjacent to an activating group) is 1. The zero-order chi connectivity index (χ0) is 13.0. The van der Waals surface area contributed by atoms with E-state index >= 15 is 0 Å². The molecule has 1 saturated heterocycles. The first kappa shape index (κ1) is 14.3. The van der Waals surface area contributed by atoms with Crippen LogP contribution in [0, 0.1) is 11.8 Å². The first-order valence-corrected chi connectivity index (χ1v) is 7.85. The second-order valence-corrected chi connectivity index (χ2v) is 6.31. The fourth-order valence-corrected chi connectivity index (χ4v) is 3.70. The molecule has 1 heterocycles. The molecule has 3 atom stereocenters. The van der Waals surface area contributed by atoms with Crippen LogP contribution in [-0.2, 0) is 0 Å². The third kappa shape index (κ3) is 3.69. The molecule has 2 aliphatic rings. The molecule has 0 spiro atoms. The SMILES string of the molecule is CCN1CCN(CC2CC(C)CCC2NC)CC1. The first-order valence-electron chi connectivity index (χ1n) is 7.85. The molecule has 0 aromatic carbocycles. The summed E-state index contributed by atoms with van der Waals surface area (Å²) in [6.45, 7) is 12.3. The first-order chi connectivity index (χ1) is 8.72. The highest BCUT2D eigenvalue weighted by Crippen LogP contribution is 2.29. The van der Waals surface area contributed by atoms with Gasteiger partial charge in [-0.25, -0.2) is 0 Å². The molecule has 3 nitrogen and oxygen atoms in total. The largest absolute Gasteiger partial charge is 0.317 e. The van der Waals surface area contributed by atoms with Crippen LogP contribution in [0.5, 0.6) is 0 Å². The van der Waals surface area contributed by atoms with E-state index in [1.807, 2.05) is 0 Å². The van der Waals surface area contributed by atoms with Gasteiger partial charge in [0.25, 0.3) is 0 Å². The lowest BCUT2D eigenvalue weighted by atomic mass is 9.78. The van der Waals surface area contributed by atoms with Crippen molar-refractivity contribution < 1.29 is 0 Å². The summed E-state index contributed by atoms with van der Waals surface area (Å²) in [6, 6.07) is 0.755. The summed E-state index contributed by atoms with van der Waals surface area (Å²) in [6.07, 6.45) is 4.20. The van der Waals surface area contributed by atoms with Crippen molar-refractivity contribution in [3.8, 4) is 0 Å². The maximum atomic E-state index is 3.55. The van der Waals surface area contributed by atoms with Crippen molar-refractivity contribution in [2.24, 2.45) is 11.8 Å². The average Bonchev–Trinajstić information content (AvgIpc) is 2.40. The van der Waals surface area contributed by atoms with Crippen LogP contribution in [0.4, 0.5) is 0 Å². The normalized spacial score (nSPS) is 35.8. The molecule has 0 aromatic rings. The number of rotatable bonds is 4. The molecule has 2 fully saturated rings. The minimum atomic E-state index is 0.755. The van der Waals surface area contributed by atoms with E-state index in [0.717, 1.165) is 17.9 Å². The van der Waals surface area contributed by atoms with Gasteiger partial charge in [-0.05, 0) is 44.7 Å². The van der Waals surface area contributed by atoms with Gasteiger partial charge in [0.1, 0.15) is 0 Å². The van der Waals surface area contributed by atoms with Gasteiger partial charge in [0.05, 0.1) is 0 Å². The van der Waals surface area contributed by atoms with Crippen molar-refractivity contribution in [1.82, 2.24) is 15.1 Å². The molecular weight excluding hydrogens is 222 g/mol. The van der Waals surface area contributed by atoms with Crippen molar-refractivity contribution in [2.45, 2.75) is 39.2 Å². The summed E-state index contributed by atoms with van der Waals surface area (Å²) in [5, 5.41) is 3.55. The second-order valence-electron chi connectivity index (χ2n) is 6.31. The van der Waals surface area contributed by atoms with Crippen molar-refractivity contribution in [1.29, 1.82) is 0 Å². The molecule has 0 radical (unpaired) electrons. The molecule has 3 heteroatoms. The van der Waals surface area contributed by atoms with Crippen LogP contribution >= 0.6 is 0 Å². The van der Waals surface area contributed by atoms with Gasteiger partial charge in [-0.2, -0.15) is 0 Å². The third-order valence-corrected chi connectivity index (χ3v) is 5.02. The van der Waals surface area contributed by atoms with E-state index in [1.165, 1.54) is 58.5 Å². The standard InChI is InChI=1S/C15H31N3/c1-4-17-7-9-18(10-8-17)12-14-11-13(2)5-6-15(14)16-3/h13-16H,4-12H2,1-3H3. The molecule has 0 aromatic heterocycles. The smallest absolute Gasteiger partial charge is 0.0110 e. The molecule has 1 saturated carbocycles. The Morgan fingerprint density at radius 1 is 1.06 bits per heavy atom. The summed E-state index contributed by atoms with van der Waals surface area (Å²) in [5.74, 6) is 1.79. The van der Waals surface area contributed by atoms with E-state index in [0.29, 0.717) is 0 Å². The highest BCUT2D eigenvalue weighted by molar-refractivity contribution is 4.85. The van der Waals surface area contributed by atoms with Gasteiger partial charge in [0.2, 0.25) is 0 Å². The van der Waals surface area contributed by atoms with Crippen LogP contribution in [0.3, 0.4) is 0 Å². The molecule has 0 bridgehead atoms. The van der Waals surface area contributed by atoms with Crippen LogP contribution in [0.1, 0.15) is 33.1 Å². The quantitative estimate of drug-likeness (QED) is 0.822. The van der Waals surface area contributed by atoms with Crippen LogP contribution in [0.15, 0.2) is 0 Å². The van der Waals surface area contributed by atoms with Gasteiger partial charge in [-0.15, -0.1) is 0 Å². The zero-order valence-corrected chi connectivity index (χ0v) is 12.5. The number of piperazine rings is 1. The molecular formula is C15H31N3. The van der Waals surface area contributed by atoms with E-state index in [2.05, 4.69) is 36.0 Å². The molecule has 2 rings (SSSR count). The van der Waals surface area contributed by atoms with E-state index in [-0.39, 0.29) is 0 Å². The Morgan fingerprint density at radius 3 is 2.33 bits per heavy atom. The van der Waals surface area contributed by atoms with Crippen molar-refractivity contribution in [3.05, 3.63) is 0 Å². The van der Waals surface area contributed by atoms with E-state index < -0.39 is 0 Å². The predicted molar refractivity (Wildman–Crippen MR) is 77.9 cm³/mol. The molecule has 1 N–H and O–H groups in total. The average molecular weight is 253 g/mol. The summed E-state index contributed by atoms with van der Waals surface area (Å²) >= 11 is 0. The van der Waals surface area contributed by atoms with Crippen LogP contribution < -0.4 is 5.32 Å². The van der Waals surface area contributed by atoms with Crippen LogP contribution in [0.25, 0.3) is 0 Å². The topological polar surface area (TPSA) is 18.5 Å². The maximum Gasteiger partial charge on any atom is 0.0110 e. The maximum absolute atomic E-state index is 3.55. The Morgan fingerprint density at radius 2 is 1.72 bits per heavy atom. The summed E-state index contributed by atoms with van der Waals surface area (Å²) in [5.41, 5.74) is 0. The summed E-state index contributed by atoms with van der Waals surface area (Å²) < 4.78 is 0. The Hall–Kier alpha value is -0.120. The molecule has 0 amide bonds. The minimum Gasteiger partial charge on any atom is -0.317 e. The third-order valence-electron chi connectivity index (χ3n) is 5.02. The zero-order valence-electron chi connectivity index (χ0n) is 12.5. The summed E-state index contributed by atoms with van der Waals surface area (Å²) in [7, 11) is 2.14. The Bertz CT molecular complexity index is 236. The van der Waals surface area contributed by atoms with Crippen LogP contribution in [0.2, 0.25) is 0 Å². The van der Waals surface area contributed by atoms with E-state index in [9.17, 15) is 0 Å². The van der Waals surface area contributed by atoms with E-state index in [4.69, 9.17) is 0 Å². The number of hydrogen-bond acceptors (Lipinski definition) is 3. The van der Waals surface area contributed by atoms with Gasteiger partial charge < -0.3 is 15.1 Å². The van der Waals surface area contributed by atoms with Crippen LogP contribution in [-0.4, -0.2) is 62.2 Å². The predicted octanol–water partition coefficient (Wildman–Crippen LogP) is 1.65. The lowest BCUT2D eigenvalue weighted by Gasteiger charge is -2.40. The number of nitrogens with zero attached hydrogens (tertiary/aromatic N) is 2. The van der Waals surface area contributed by atoms with Gasteiger partial charge >= 0.3 is 0 Å². The van der Waals surface area contributed by atoms with E-state index in [1.54, 1.807) is 0 Å². The summed E-state index contributed by atoms with van der Waals surface area (Å²) in [4.78, 5) is 5.26. The fourth-order valence-electron chi connectivity index (χ4n) is 3.70. The Labute approximate surface area is 113 Å². The Balaban J connectivity index is 1.80. The monoisotopic (exact) mass is 253 g/mol. The second kappa shape index (κ2) is 6.88. The Kier molecular flexibility index (Phi) is 5.46. The highest BCUT2D eigenvalue weighted by Gasteiger charge is 2.29. The molecule has 3 unspecified atom stereocenters. The van der Waals surface area contributed by atoms with Gasteiger partial charge in [-0.3, -0.25) is 0 Å². The van der Waals surface area contributed by atoms with Crippen molar-refractivity contribution in [3.63, 3.8) is 0 Å². The fraction of sp³-hybridized carbons (Fsp3) is 1.00. The van der Waals surface area contributed by atoms with Crippen molar-refractivity contribution in [2.75, 3.05) is 46.3 Å². The van der Waals surface area contributed by atoms with Crippen molar-refractivity contribution >= 4 is 0 Å². The molecule has 106 valence electrons. The lowest BCUT2D eigenvalue weighted by Crippen LogP contribution is -2.50. The molecule has 1 aliphatic carbocycles. The molecule has 1 aliphatic heterocycles. The lowest BCUT2D eigenvalue weighted by molar-refractivity contribution is 0.0948. The number of nitrogens with one attached hydrogen (secondary N) is 1. The minimum absolute atomic E-state index is 0.755. The number of hydrogen-bond donors (Lipinski definition) is 1. The van der Waals surface area contributed by atoms with Gasteiger partial charge in [-0.1, -0.05) is 13.8 Å².